The molecule has 2 N–H and O–H groups in total. The molecule has 1 rings (SSSR count). The Labute approximate surface area is 102 Å². The molecule has 0 aromatic heterocycles. The molecule has 0 atom stereocenters. The Hall–Kier alpha value is -1.55. The van der Waals surface area contributed by atoms with Crippen LogP contribution in [0, 0.1) is 5.92 Å². The van der Waals surface area contributed by atoms with E-state index >= 15 is 0 Å². The highest BCUT2D eigenvalue weighted by atomic mass is 16.5. The van der Waals surface area contributed by atoms with E-state index in [1.807, 2.05) is 38.1 Å². The number of carbonyl (C=O) groups is 1. The first-order valence-electron chi connectivity index (χ1n) is 5.77. The lowest BCUT2D eigenvalue weighted by Crippen LogP contribution is -2.17. The summed E-state index contributed by atoms with van der Waals surface area (Å²) in [5.74, 6) is 0.0274. The molecule has 0 aliphatic carbocycles. The highest BCUT2D eigenvalue weighted by Crippen LogP contribution is 2.14. The van der Waals surface area contributed by atoms with Gasteiger partial charge < -0.3 is 15.4 Å². The molecule has 0 radical (unpaired) electrons. The largest absolute Gasteiger partial charge is 0.383 e. The molecule has 1 aromatic carbocycles. The van der Waals surface area contributed by atoms with Crippen LogP contribution in [0.1, 0.15) is 13.8 Å². The molecule has 1 aromatic rings. The molecule has 4 nitrogen and oxygen atoms in total. The Morgan fingerprint density at radius 3 is 2.35 bits per heavy atom. The first kappa shape index (κ1) is 13.5. The summed E-state index contributed by atoms with van der Waals surface area (Å²) >= 11 is 0. The van der Waals surface area contributed by atoms with Crippen LogP contribution >= 0.6 is 0 Å². The number of rotatable bonds is 6. The highest BCUT2D eigenvalue weighted by molar-refractivity contribution is 5.92. The zero-order chi connectivity index (χ0) is 12.7. The smallest absolute Gasteiger partial charge is 0.226 e. The van der Waals surface area contributed by atoms with E-state index < -0.39 is 0 Å². The molecular weight excluding hydrogens is 216 g/mol. The first-order chi connectivity index (χ1) is 8.13. The van der Waals surface area contributed by atoms with Crippen molar-refractivity contribution in [2.45, 2.75) is 13.8 Å². The summed E-state index contributed by atoms with van der Waals surface area (Å²) in [7, 11) is 1.67. The lowest BCUT2D eigenvalue weighted by Gasteiger charge is -2.09. The van der Waals surface area contributed by atoms with E-state index in [1.165, 1.54) is 0 Å². The van der Waals surface area contributed by atoms with E-state index in [0.717, 1.165) is 17.9 Å². The minimum atomic E-state index is -0.00509. The lowest BCUT2D eigenvalue weighted by atomic mass is 10.2. The predicted molar refractivity (Wildman–Crippen MR) is 70.3 cm³/mol. The fourth-order valence-electron chi connectivity index (χ4n) is 1.26. The van der Waals surface area contributed by atoms with Crippen molar-refractivity contribution in [3.05, 3.63) is 24.3 Å². The quantitative estimate of drug-likeness (QED) is 0.745. The second kappa shape index (κ2) is 6.91. The van der Waals surface area contributed by atoms with Crippen LogP contribution in [0.25, 0.3) is 0 Å². The molecule has 1 amide bonds. The van der Waals surface area contributed by atoms with E-state index in [1.54, 1.807) is 7.11 Å². The maximum Gasteiger partial charge on any atom is 0.226 e. The van der Waals surface area contributed by atoms with Gasteiger partial charge in [-0.15, -0.1) is 0 Å². The summed E-state index contributed by atoms with van der Waals surface area (Å²) in [6.07, 6.45) is 0. The van der Waals surface area contributed by atoms with Crippen LogP contribution < -0.4 is 10.6 Å². The van der Waals surface area contributed by atoms with Gasteiger partial charge >= 0.3 is 0 Å². The molecule has 0 aliphatic heterocycles. The first-order valence-corrected chi connectivity index (χ1v) is 5.77. The van der Waals surface area contributed by atoms with Crippen LogP contribution in [0.5, 0.6) is 0 Å². The van der Waals surface area contributed by atoms with Crippen molar-refractivity contribution in [3.63, 3.8) is 0 Å². The van der Waals surface area contributed by atoms with Gasteiger partial charge in [0.1, 0.15) is 0 Å². The zero-order valence-electron chi connectivity index (χ0n) is 10.6. The molecule has 0 bridgehead atoms. The summed E-state index contributed by atoms with van der Waals surface area (Å²) < 4.78 is 4.95. The number of hydrogen-bond acceptors (Lipinski definition) is 3. The lowest BCUT2D eigenvalue weighted by molar-refractivity contribution is -0.118. The van der Waals surface area contributed by atoms with Gasteiger partial charge in [0.2, 0.25) is 5.91 Å². The molecule has 17 heavy (non-hydrogen) atoms. The highest BCUT2D eigenvalue weighted by Gasteiger charge is 2.06. The molecule has 0 fully saturated rings. The molecule has 0 saturated carbocycles. The minimum absolute atomic E-state index is 0.00509. The number of hydrogen-bond donors (Lipinski definition) is 2. The Morgan fingerprint density at radius 2 is 1.82 bits per heavy atom. The molecule has 0 spiro atoms. The van der Waals surface area contributed by atoms with Gasteiger partial charge in [0.25, 0.3) is 0 Å². The fraction of sp³-hybridized carbons (Fsp3) is 0.462. The second-order valence-electron chi connectivity index (χ2n) is 4.14. The van der Waals surface area contributed by atoms with Crippen molar-refractivity contribution in [1.82, 2.24) is 0 Å². The number of benzene rings is 1. The SMILES string of the molecule is COCCNc1ccc(NC(=O)C(C)C)cc1. The van der Waals surface area contributed by atoms with Crippen molar-refractivity contribution in [2.75, 3.05) is 30.9 Å². The van der Waals surface area contributed by atoms with E-state index in [0.29, 0.717) is 6.61 Å². The van der Waals surface area contributed by atoms with Gasteiger partial charge in [0.15, 0.2) is 0 Å². The summed E-state index contributed by atoms with van der Waals surface area (Å²) in [6.45, 7) is 5.19. The van der Waals surface area contributed by atoms with Crippen LogP contribution in [0.3, 0.4) is 0 Å². The van der Waals surface area contributed by atoms with Crippen LogP contribution in [0.15, 0.2) is 24.3 Å². The third kappa shape index (κ3) is 4.87. The van der Waals surface area contributed by atoms with Crippen molar-refractivity contribution in [3.8, 4) is 0 Å². The van der Waals surface area contributed by atoms with E-state index in [9.17, 15) is 4.79 Å². The zero-order valence-corrected chi connectivity index (χ0v) is 10.6. The summed E-state index contributed by atoms with van der Waals surface area (Å²) in [5, 5.41) is 6.06. The van der Waals surface area contributed by atoms with Crippen LogP contribution in [0.2, 0.25) is 0 Å². The Kier molecular flexibility index (Phi) is 5.49. The van der Waals surface area contributed by atoms with Crippen LogP contribution in [-0.4, -0.2) is 26.2 Å². The average Bonchev–Trinajstić information content (AvgIpc) is 2.31. The molecule has 94 valence electrons. The molecule has 0 unspecified atom stereocenters. The normalized spacial score (nSPS) is 10.4. The van der Waals surface area contributed by atoms with E-state index in [4.69, 9.17) is 4.74 Å². The number of amides is 1. The third-order valence-corrected chi connectivity index (χ3v) is 2.31. The number of methoxy groups -OCH3 is 1. The summed E-state index contributed by atoms with van der Waals surface area (Å²) in [5.41, 5.74) is 1.84. The van der Waals surface area contributed by atoms with Crippen molar-refractivity contribution in [1.29, 1.82) is 0 Å². The van der Waals surface area contributed by atoms with Gasteiger partial charge in [0, 0.05) is 30.9 Å². The van der Waals surface area contributed by atoms with Gasteiger partial charge in [-0.3, -0.25) is 4.79 Å². The maximum atomic E-state index is 11.5. The molecule has 0 aliphatic rings. The average molecular weight is 236 g/mol. The van der Waals surface area contributed by atoms with Crippen LogP contribution in [0.4, 0.5) is 11.4 Å². The van der Waals surface area contributed by atoms with Crippen molar-refractivity contribution < 1.29 is 9.53 Å². The van der Waals surface area contributed by atoms with Gasteiger partial charge in [-0.05, 0) is 24.3 Å². The predicted octanol–water partition coefficient (Wildman–Crippen LogP) is 2.34. The van der Waals surface area contributed by atoms with E-state index in [-0.39, 0.29) is 11.8 Å². The minimum Gasteiger partial charge on any atom is -0.383 e. The van der Waals surface area contributed by atoms with Gasteiger partial charge in [0.05, 0.1) is 6.61 Å². The maximum absolute atomic E-state index is 11.5. The molecule has 0 saturated heterocycles. The Bertz CT molecular complexity index is 347. The number of nitrogens with one attached hydrogen (secondary N) is 2. The topological polar surface area (TPSA) is 50.4 Å². The second-order valence-corrected chi connectivity index (χ2v) is 4.14. The Balaban J connectivity index is 2.47. The Morgan fingerprint density at radius 1 is 1.24 bits per heavy atom. The third-order valence-electron chi connectivity index (χ3n) is 2.31. The van der Waals surface area contributed by atoms with Gasteiger partial charge in [-0.1, -0.05) is 13.8 Å². The van der Waals surface area contributed by atoms with Gasteiger partial charge in [-0.25, -0.2) is 0 Å². The summed E-state index contributed by atoms with van der Waals surface area (Å²) in [6, 6.07) is 7.64. The van der Waals surface area contributed by atoms with E-state index in [2.05, 4.69) is 10.6 Å². The number of anilines is 2. The van der Waals surface area contributed by atoms with Crippen LogP contribution in [-0.2, 0) is 9.53 Å². The van der Waals surface area contributed by atoms with Crippen molar-refractivity contribution >= 4 is 17.3 Å². The molecule has 0 heterocycles. The van der Waals surface area contributed by atoms with Gasteiger partial charge in [-0.2, -0.15) is 0 Å². The molecular formula is C13H20N2O2. The number of carbonyl (C=O) groups excluding carboxylic acids is 1. The monoisotopic (exact) mass is 236 g/mol. The van der Waals surface area contributed by atoms with Crippen molar-refractivity contribution in [2.24, 2.45) is 5.92 Å². The standard InChI is InChI=1S/C13H20N2O2/c1-10(2)13(16)15-12-6-4-11(5-7-12)14-8-9-17-3/h4-7,10,14H,8-9H2,1-3H3,(H,15,16). The molecule has 4 heteroatoms. The number of ether oxygens (including phenoxy) is 1. The summed E-state index contributed by atoms with van der Waals surface area (Å²) in [4.78, 5) is 11.5. The fourth-order valence-corrected chi connectivity index (χ4v) is 1.26.